The van der Waals surface area contributed by atoms with Gasteiger partial charge in [0.25, 0.3) is 11.4 Å². The van der Waals surface area contributed by atoms with Gasteiger partial charge in [-0.15, -0.1) is 0 Å². The first-order valence-electron chi connectivity index (χ1n) is 7.80. The van der Waals surface area contributed by atoms with Gasteiger partial charge in [0.1, 0.15) is 11.8 Å². The lowest BCUT2D eigenvalue weighted by atomic mass is 9.97. The lowest BCUT2D eigenvalue weighted by molar-refractivity contribution is -0.0468. The minimum Gasteiger partial charge on any atom is -0.365 e. The van der Waals surface area contributed by atoms with Crippen LogP contribution in [-0.4, -0.2) is 26.2 Å². The fourth-order valence-corrected chi connectivity index (χ4v) is 2.72. The van der Waals surface area contributed by atoms with Crippen molar-refractivity contribution in [1.82, 2.24) is 20.1 Å². The molecule has 0 radical (unpaired) electrons. The van der Waals surface area contributed by atoms with E-state index < -0.39 is 0 Å². The number of H-pyrrole nitrogens is 1. The van der Waals surface area contributed by atoms with Gasteiger partial charge in [0.15, 0.2) is 0 Å². The van der Waals surface area contributed by atoms with E-state index in [-0.39, 0.29) is 17.8 Å². The van der Waals surface area contributed by atoms with Gasteiger partial charge in [-0.25, -0.2) is 4.98 Å². The van der Waals surface area contributed by atoms with Gasteiger partial charge in [-0.1, -0.05) is 31.3 Å². The van der Waals surface area contributed by atoms with E-state index in [2.05, 4.69) is 20.1 Å². The Bertz CT molecular complexity index is 661. The molecule has 1 aliphatic carbocycles. The van der Waals surface area contributed by atoms with Crippen LogP contribution in [0.1, 0.15) is 57.4 Å². The van der Waals surface area contributed by atoms with Crippen LogP contribution in [0.5, 0.6) is 0 Å². The highest BCUT2D eigenvalue weighted by Gasteiger charge is 2.24. The largest absolute Gasteiger partial charge is 0.365 e. The summed E-state index contributed by atoms with van der Waals surface area (Å²) in [6.07, 6.45) is 8.05. The third-order valence-corrected chi connectivity index (χ3v) is 3.90. The number of ether oxygens (including phenoxy) is 1. The summed E-state index contributed by atoms with van der Waals surface area (Å²) in [6, 6.07) is 1.34. The zero-order chi connectivity index (χ0) is 15.4. The Hall–Kier alpha value is -2.02. The third-order valence-electron chi connectivity index (χ3n) is 3.90. The summed E-state index contributed by atoms with van der Waals surface area (Å²) >= 11 is 0. The molecule has 2 aromatic heterocycles. The minimum absolute atomic E-state index is 0.202. The van der Waals surface area contributed by atoms with Crippen LogP contribution < -0.4 is 5.56 Å². The minimum atomic E-state index is -0.248. The zero-order valence-corrected chi connectivity index (χ0v) is 12.6. The van der Waals surface area contributed by atoms with E-state index in [4.69, 9.17) is 9.26 Å². The van der Waals surface area contributed by atoms with Crippen LogP contribution >= 0.6 is 0 Å². The van der Waals surface area contributed by atoms with Gasteiger partial charge in [-0.05, 0) is 19.3 Å². The molecule has 1 N–H and O–H groups in total. The SMILES string of the molecule is CC[C@H](OC1CCCCC1)c1nc(-c2cc(=O)[nH]cn2)no1. The van der Waals surface area contributed by atoms with Crippen molar-refractivity contribution in [2.24, 2.45) is 0 Å². The van der Waals surface area contributed by atoms with Crippen molar-refractivity contribution in [1.29, 1.82) is 0 Å². The van der Waals surface area contributed by atoms with Crippen LogP contribution in [0.15, 0.2) is 21.7 Å². The molecule has 0 bridgehead atoms. The van der Waals surface area contributed by atoms with Gasteiger partial charge in [0.05, 0.1) is 12.4 Å². The Balaban J connectivity index is 1.74. The Labute approximate surface area is 128 Å². The average molecular weight is 304 g/mol. The third kappa shape index (κ3) is 3.41. The Kier molecular flexibility index (Phi) is 4.62. The van der Waals surface area contributed by atoms with Crippen molar-refractivity contribution >= 4 is 0 Å². The molecule has 0 amide bonds. The van der Waals surface area contributed by atoms with E-state index in [0.29, 0.717) is 17.4 Å². The summed E-state index contributed by atoms with van der Waals surface area (Å²) < 4.78 is 11.4. The van der Waals surface area contributed by atoms with Crippen molar-refractivity contribution in [2.45, 2.75) is 57.7 Å². The van der Waals surface area contributed by atoms with E-state index in [0.717, 1.165) is 19.3 Å². The first-order chi connectivity index (χ1) is 10.8. The molecule has 1 aliphatic rings. The van der Waals surface area contributed by atoms with Crippen LogP contribution in [0.3, 0.4) is 0 Å². The van der Waals surface area contributed by atoms with Crippen LogP contribution in [-0.2, 0) is 4.74 Å². The molecule has 0 saturated heterocycles. The predicted octanol–water partition coefficient (Wildman–Crippen LogP) is 2.62. The number of rotatable bonds is 5. The number of nitrogens with zero attached hydrogens (tertiary/aromatic N) is 3. The molecule has 2 heterocycles. The maximum atomic E-state index is 11.3. The highest BCUT2D eigenvalue weighted by Crippen LogP contribution is 2.28. The molecule has 7 heteroatoms. The predicted molar refractivity (Wildman–Crippen MR) is 79.1 cm³/mol. The monoisotopic (exact) mass is 304 g/mol. The first kappa shape index (κ1) is 14.9. The quantitative estimate of drug-likeness (QED) is 0.912. The van der Waals surface area contributed by atoms with E-state index in [1.54, 1.807) is 0 Å². The standard InChI is InChI=1S/C15H20N4O3/c1-2-12(21-10-6-4-3-5-7-10)15-18-14(19-22-15)11-8-13(20)17-9-16-11/h8-10,12H,2-7H2,1H3,(H,16,17,20)/t12-/m0/s1. The Morgan fingerprint density at radius 3 is 2.95 bits per heavy atom. The second-order valence-electron chi connectivity index (χ2n) is 5.55. The second-order valence-corrected chi connectivity index (χ2v) is 5.55. The number of hydrogen-bond acceptors (Lipinski definition) is 6. The number of aromatic amines is 1. The summed E-state index contributed by atoms with van der Waals surface area (Å²) in [5.74, 6) is 0.761. The van der Waals surface area contributed by atoms with Crippen LogP contribution in [0.4, 0.5) is 0 Å². The Morgan fingerprint density at radius 2 is 2.23 bits per heavy atom. The highest BCUT2D eigenvalue weighted by atomic mass is 16.5. The molecule has 1 saturated carbocycles. The van der Waals surface area contributed by atoms with Crippen molar-refractivity contribution in [3.05, 3.63) is 28.6 Å². The lowest BCUT2D eigenvalue weighted by Crippen LogP contribution is -2.19. The summed E-state index contributed by atoms with van der Waals surface area (Å²) in [5.41, 5.74) is 0.146. The molecule has 0 spiro atoms. The fraction of sp³-hybridized carbons (Fsp3) is 0.600. The van der Waals surface area contributed by atoms with Crippen LogP contribution in [0, 0.1) is 0 Å². The summed E-state index contributed by atoms with van der Waals surface area (Å²) in [6.45, 7) is 2.03. The fourth-order valence-electron chi connectivity index (χ4n) is 2.72. The first-order valence-corrected chi connectivity index (χ1v) is 7.80. The van der Waals surface area contributed by atoms with Gasteiger partial charge in [-0.3, -0.25) is 4.79 Å². The molecular weight excluding hydrogens is 284 g/mol. The molecule has 2 aromatic rings. The summed E-state index contributed by atoms with van der Waals surface area (Å²) in [5, 5.41) is 3.91. The van der Waals surface area contributed by atoms with Gasteiger partial charge < -0.3 is 14.2 Å². The molecule has 0 unspecified atom stereocenters. The molecule has 3 rings (SSSR count). The summed E-state index contributed by atoms with van der Waals surface area (Å²) in [7, 11) is 0. The van der Waals surface area contributed by atoms with Gasteiger partial charge >= 0.3 is 0 Å². The molecular formula is C15H20N4O3. The molecule has 1 atom stereocenters. The molecule has 0 aliphatic heterocycles. The van der Waals surface area contributed by atoms with Gasteiger partial charge in [-0.2, -0.15) is 4.98 Å². The second kappa shape index (κ2) is 6.83. The maximum absolute atomic E-state index is 11.3. The summed E-state index contributed by atoms with van der Waals surface area (Å²) in [4.78, 5) is 22.2. The van der Waals surface area contributed by atoms with E-state index in [9.17, 15) is 4.79 Å². The maximum Gasteiger partial charge on any atom is 0.256 e. The van der Waals surface area contributed by atoms with Gasteiger partial charge in [0, 0.05) is 6.07 Å². The van der Waals surface area contributed by atoms with Crippen LogP contribution in [0.25, 0.3) is 11.5 Å². The zero-order valence-electron chi connectivity index (χ0n) is 12.6. The van der Waals surface area contributed by atoms with E-state index in [1.807, 2.05) is 6.92 Å². The van der Waals surface area contributed by atoms with Crippen molar-refractivity contribution in [2.75, 3.05) is 0 Å². The van der Waals surface area contributed by atoms with Crippen molar-refractivity contribution in [3.63, 3.8) is 0 Å². The van der Waals surface area contributed by atoms with E-state index >= 15 is 0 Å². The van der Waals surface area contributed by atoms with Gasteiger partial charge in [0.2, 0.25) is 5.82 Å². The average Bonchev–Trinajstić information content (AvgIpc) is 3.03. The molecule has 7 nitrogen and oxygen atoms in total. The van der Waals surface area contributed by atoms with E-state index in [1.165, 1.54) is 31.7 Å². The number of hydrogen-bond donors (Lipinski definition) is 1. The normalized spacial score (nSPS) is 17.5. The molecule has 1 fully saturated rings. The van der Waals surface area contributed by atoms with Crippen molar-refractivity contribution < 1.29 is 9.26 Å². The topological polar surface area (TPSA) is 93.9 Å². The molecule has 22 heavy (non-hydrogen) atoms. The smallest absolute Gasteiger partial charge is 0.256 e. The molecule has 118 valence electrons. The Morgan fingerprint density at radius 1 is 1.41 bits per heavy atom. The molecule has 0 aromatic carbocycles. The number of nitrogens with one attached hydrogen (secondary N) is 1. The lowest BCUT2D eigenvalue weighted by Gasteiger charge is -2.25. The highest BCUT2D eigenvalue weighted by molar-refractivity contribution is 5.46. The number of aromatic nitrogens is 4. The van der Waals surface area contributed by atoms with Crippen molar-refractivity contribution in [3.8, 4) is 11.5 Å². The van der Waals surface area contributed by atoms with Crippen LogP contribution in [0.2, 0.25) is 0 Å².